The van der Waals surface area contributed by atoms with Gasteiger partial charge in [0.1, 0.15) is 11.6 Å². The SMILES string of the molecule is CCCN1C(=S)NC(c2ccc(OC)cc2)C(c2nc(-c3cccc(F)c3)no2)=C1C. The molecule has 0 saturated carbocycles. The van der Waals surface area contributed by atoms with E-state index in [2.05, 4.69) is 22.4 Å². The molecule has 8 heteroatoms. The maximum atomic E-state index is 13.7. The number of rotatable bonds is 6. The van der Waals surface area contributed by atoms with E-state index in [-0.39, 0.29) is 11.9 Å². The standard InChI is InChI=1S/C23H23FN4O2S/c1-4-12-28-14(2)19(20(25-23(28)31)15-8-10-18(29-3)11-9-15)22-26-21(27-30-22)16-6-5-7-17(24)13-16/h5-11,13,20H,4,12H2,1-3H3,(H,25,31). The Bertz CT molecular complexity index is 1130. The molecule has 0 aliphatic carbocycles. The molecule has 4 rings (SSSR count). The van der Waals surface area contributed by atoms with Crippen LogP contribution in [-0.4, -0.2) is 33.8 Å². The van der Waals surface area contributed by atoms with Crippen LogP contribution in [0.4, 0.5) is 4.39 Å². The van der Waals surface area contributed by atoms with Gasteiger partial charge in [-0.05, 0) is 55.4 Å². The molecule has 1 N–H and O–H groups in total. The molecule has 1 aromatic heterocycles. The molecule has 1 atom stereocenters. The third kappa shape index (κ3) is 4.16. The average Bonchev–Trinajstić information content (AvgIpc) is 3.26. The van der Waals surface area contributed by atoms with Crippen molar-refractivity contribution in [2.75, 3.05) is 13.7 Å². The largest absolute Gasteiger partial charge is 0.497 e. The Morgan fingerprint density at radius 1 is 1.23 bits per heavy atom. The molecular weight excluding hydrogens is 415 g/mol. The highest BCUT2D eigenvalue weighted by Gasteiger charge is 2.33. The molecule has 0 radical (unpaired) electrons. The Hall–Kier alpha value is -3.26. The van der Waals surface area contributed by atoms with E-state index in [4.69, 9.17) is 21.5 Å². The van der Waals surface area contributed by atoms with Crippen LogP contribution >= 0.6 is 12.2 Å². The third-order valence-corrected chi connectivity index (χ3v) is 5.57. The predicted octanol–water partition coefficient (Wildman–Crippen LogP) is 4.96. The predicted molar refractivity (Wildman–Crippen MR) is 121 cm³/mol. The molecule has 2 heterocycles. The van der Waals surface area contributed by atoms with E-state index in [9.17, 15) is 4.39 Å². The van der Waals surface area contributed by atoms with Gasteiger partial charge in [0, 0.05) is 17.8 Å². The van der Waals surface area contributed by atoms with E-state index in [1.807, 2.05) is 36.1 Å². The maximum absolute atomic E-state index is 13.7. The number of methoxy groups -OCH3 is 1. The summed E-state index contributed by atoms with van der Waals surface area (Å²) in [4.78, 5) is 6.63. The highest BCUT2D eigenvalue weighted by Crippen LogP contribution is 2.37. The first-order valence-corrected chi connectivity index (χ1v) is 10.5. The van der Waals surface area contributed by atoms with E-state index in [0.717, 1.165) is 35.5 Å². The molecule has 0 amide bonds. The molecule has 3 aromatic rings. The van der Waals surface area contributed by atoms with E-state index in [0.29, 0.717) is 22.4 Å². The van der Waals surface area contributed by atoms with Crippen molar-refractivity contribution in [3.8, 4) is 17.1 Å². The van der Waals surface area contributed by atoms with Crippen molar-refractivity contribution in [3.63, 3.8) is 0 Å². The lowest BCUT2D eigenvalue weighted by Crippen LogP contribution is -2.46. The lowest BCUT2D eigenvalue weighted by atomic mass is 9.94. The van der Waals surface area contributed by atoms with Crippen molar-refractivity contribution in [3.05, 3.63) is 71.5 Å². The topological polar surface area (TPSA) is 63.4 Å². The summed E-state index contributed by atoms with van der Waals surface area (Å²) < 4.78 is 24.6. The summed E-state index contributed by atoms with van der Waals surface area (Å²) in [6.45, 7) is 4.86. The minimum atomic E-state index is -0.353. The van der Waals surface area contributed by atoms with Crippen LogP contribution in [0.3, 0.4) is 0 Å². The first kappa shape index (κ1) is 21.0. The second-order valence-corrected chi connectivity index (χ2v) is 7.63. The molecule has 160 valence electrons. The van der Waals surface area contributed by atoms with E-state index in [1.165, 1.54) is 12.1 Å². The number of hydrogen-bond donors (Lipinski definition) is 1. The van der Waals surface area contributed by atoms with Crippen LogP contribution in [0.15, 0.2) is 58.8 Å². The zero-order valence-corrected chi connectivity index (χ0v) is 18.4. The molecule has 1 unspecified atom stereocenters. The lowest BCUT2D eigenvalue weighted by Gasteiger charge is -2.37. The maximum Gasteiger partial charge on any atom is 0.258 e. The summed E-state index contributed by atoms with van der Waals surface area (Å²) in [5.74, 6) is 1.12. The van der Waals surface area contributed by atoms with Gasteiger partial charge in [0.05, 0.1) is 18.7 Å². The highest BCUT2D eigenvalue weighted by atomic mass is 32.1. The van der Waals surface area contributed by atoms with Crippen molar-refractivity contribution in [2.45, 2.75) is 26.3 Å². The summed E-state index contributed by atoms with van der Waals surface area (Å²) in [7, 11) is 1.63. The number of hydrogen-bond acceptors (Lipinski definition) is 5. The molecule has 0 bridgehead atoms. The van der Waals surface area contributed by atoms with Gasteiger partial charge in [-0.25, -0.2) is 4.39 Å². The van der Waals surface area contributed by atoms with Gasteiger partial charge in [-0.15, -0.1) is 0 Å². The Labute approximate surface area is 185 Å². The minimum absolute atomic E-state index is 0.271. The molecule has 1 aliphatic rings. The summed E-state index contributed by atoms with van der Waals surface area (Å²) in [5, 5.41) is 8.16. The summed E-state index contributed by atoms with van der Waals surface area (Å²) in [5.41, 5.74) is 3.32. The number of benzene rings is 2. The second kappa shape index (κ2) is 8.85. The zero-order chi connectivity index (χ0) is 22.0. The van der Waals surface area contributed by atoms with Gasteiger partial charge in [-0.1, -0.05) is 36.3 Å². The van der Waals surface area contributed by atoms with Gasteiger partial charge in [0.25, 0.3) is 5.89 Å². The number of nitrogens with zero attached hydrogens (tertiary/aromatic N) is 3. The number of ether oxygens (including phenoxy) is 1. The number of halogens is 1. The van der Waals surface area contributed by atoms with Crippen LogP contribution < -0.4 is 10.1 Å². The van der Waals surface area contributed by atoms with Crippen LogP contribution in [-0.2, 0) is 0 Å². The lowest BCUT2D eigenvalue weighted by molar-refractivity contribution is 0.396. The van der Waals surface area contributed by atoms with E-state index >= 15 is 0 Å². The second-order valence-electron chi connectivity index (χ2n) is 7.24. The Balaban J connectivity index is 1.80. The number of aromatic nitrogens is 2. The third-order valence-electron chi connectivity index (χ3n) is 5.23. The zero-order valence-electron chi connectivity index (χ0n) is 17.6. The fourth-order valence-corrected chi connectivity index (χ4v) is 4.02. The monoisotopic (exact) mass is 438 g/mol. The molecule has 2 aromatic carbocycles. The Morgan fingerprint density at radius 3 is 2.68 bits per heavy atom. The van der Waals surface area contributed by atoms with Gasteiger partial charge < -0.3 is 19.5 Å². The van der Waals surface area contributed by atoms with Gasteiger partial charge in [0.15, 0.2) is 5.11 Å². The van der Waals surface area contributed by atoms with Gasteiger partial charge >= 0.3 is 0 Å². The van der Waals surface area contributed by atoms with Crippen LogP contribution in [0.2, 0.25) is 0 Å². The minimum Gasteiger partial charge on any atom is -0.497 e. The molecule has 6 nitrogen and oxygen atoms in total. The van der Waals surface area contributed by atoms with Crippen LogP contribution in [0.5, 0.6) is 5.75 Å². The van der Waals surface area contributed by atoms with Gasteiger partial charge in [-0.2, -0.15) is 4.98 Å². The molecular formula is C23H23FN4O2S. The Kier molecular flexibility index (Phi) is 5.99. The van der Waals surface area contributed by atoms with E-state index in [1.54, 1.807) is 19.2 Å². The fraction of sp³-hybridized carbons (Fsp3) is 0.261. The highest BCUT2D eigenvalue weighted by molar-refractivity contribution is 7.80. The van der Waals surface area contributed by atoms with Crippen molar-refractivity contribution >= 4 is 22.9 Å². The van der Waals surface area contributed by atoms with Crippen LogP contribution in [0.25, 0.3) is 17.0 Å². The normalized spacial score (nSPS) is 16.5. The molecule has 31 heavy (non-hydrogen) atoms. The molecule has 0 spiro atoms. The first-order valence-electron chi connectivity index (χ1n) is 10.0. The van der Waals surface area contributed by atoms with Crippen molar-refractivity contribution in [1.29, 1.82) is 0 Å². The summed E-state index contributed by atoms with van der Waals surface area (Å²) in [6.07, 6.45) is 0.929. The summed E-state index contributed by atoms with van der Waals surface area (Å²) >= 11 is 5.64. The number of thiocarbonyl (C=S) groups is 1. The molecule has 0 saturated heterocycles. The average molecular weight is 439 g/mol. The van der Waals surface area contributed by atoms with E-state index < -0.39 is 0 Å². The fourth-order valence-electron chi connectivity index (χ4n) is 3.68. The van der Waals surface area contributed by atoms with Crippen LogP contribution in [0.1, 0.15) is 37.8 Å². The van der Waals surface area contributed by atoms with Crippen LogP contribution in [0, 0.1) is 5.82 Å². The summed E-state index contributed by atoms with van der Waals surface area (Å²) in [6, 6.07) is 13.6. The quantitative estimate of drug-likeness (QED) is 0.546. The molecule has 1 aliphatic heterocycles. The van der Waals surface area contributed by atoms with Crippen molar-refractivity contribution in [1.82, 2.24) is 20.4 Å². The van der Waals surface area contributed by atoms with Gasteiger partial charge in [0.2, 0.25) is 5.82 Å². The van der Waals surface area contributed by atoms with Crippen molar-refractivity contribution < 1.29 is 13.7 Å². The van der Waals surface area contributed by atoms with Gasteiger partial charge in [-0.3, -0.25) is 0 Å². The first-order chi connectivity index (χ1) is 15.0. The number of allylic oxidation sites excluding steroid dienone is 1. The molecule has 0 fully saturated rings. The smallest absolute Gasteiger partial charge is 0.258 e. The Morgan fingerprint density at radius 2 is 2.00 bits per heavy atom. The number of nitrogens with one attached hydrogen (secondary N) is 1. The van der Waals surface area contributed by atoms with Crippen molar-refractivity contribution in [2.24, 2.45) is 0 Å².